The highest BCUT2D eigenvalue weighted by molar-refractivity contribution is 5.94. The lowest BCUT2D eigenvalue weighted by molar-refractivity contribution is 1.02. The van der Waals surface area contributed by atoms with Gasteiger partial charge in [-0.05, 0) is 5.92 Å². The molecule has 0 aromatic heterocycles. The number of hydrogen-bond donors (Lipinski definition) is 3. The summed E-state index contributed by atoms with van der Waals surface area (Å²) in [6.45, 7) is 0. The minimum atomic E-state index is -0.102. The minimum absolute atomic E-state index is 0.102. The lowest BCUT2D eigenvalue weighted by atomic mass is 10.6. The van der Waals surface area contributed by atoms with Crippen molar-refractivity contribution in [3.63, 3.8) is 0 Å². The van der Waals surface area contributed by atoms with Crippen LogP contribution in [-0.2, 0) is 0 Å². The number of nitrogens with two attached hydrogens (primary N) is 1. The maximum Gasteiger partial charge on any atom is 0.185 e. The lowest BCUT2D eigenvalue weighted by Crippen LogP contribution is -2.27. The third-order valence-corrected chi connectivity index (χ3v) is 0.289. The van der Waals surface area contributed by atoms with Gasteiger partial charge in [-0.1, -0.05) is 0 Å². The van der Waals surface area contributed by atoms with Gasteiger partial charge in [-0.15, -0.1) is 6.42 Å². The molecule has 0 aromatic carbocycles. The Morgan fingerprint density at radius 1 is 2.00 bits per heavy atom. The Kier molecular flexibility index (Phi) is 1.86. The molecule has 0 spiro atoms. The number of hydrazine groups is 1. The van der Waals surface area contributed by atoms with Gasteiger partial charge in [0.15, 0.2) is 5.84 Å². The second-order valence-electron chi connectivity index (χ2n) is 0.664. The number of terminal acetylenes is 1. The Balaban J connectivity index is 3.33. The zero-order chi connectivity index (χ0) is 4.99. The summed E-state index contributed by atoms with van der Waals surface area (Å²) in [5.74, 6) is 6.53. The highest BCUT2D eigenvalue weighted by atomic mass is 15.2. The number of rotatable bonds is 0. The van der Waals surface area contributed by atoms with E-state index < -0.39 is 0 Å². The van der Waals surface area contributed by atoms with Crippen LogP contribution >= 0.6 is 0 Å². The van der Waals surface area contributed by atoms with Gasteiger partial charge < -0.3 is 5.43 Å². The van der Waals surface area contributed by atoms with Crippen LogP contribution in [0.2, 0.25) is 0 Å². The highest BCUT2D eigenvalue weighted by Gasteiger charge is 1.73. The molecular formula is C3H5N3. The van der Waals surface area contributed by atoms with Crippen LogP contribution in [-0.4, -0.2) is 5.84 Å². The molecule has 0 saturated carbocycles. The van der Waals surface area contributed by atoms with Crippen molar-refractivity contribution in [2.45, 2.75) is 0 Å². The zero-order valence-corrected chi connectivity index (χ0v) is 3.15. The van der Waals surface area contributed by atoms with Crippen LogP contribution in [0, 0.1) is 17.8 Å². The third kappa shape index (κ3) is 1.32. The van der Waals surface area contributed by atoms with Gasteiger partial charge in [0, 0.05) is 0 Å². The molecule has 0 aliphatic carbocycles. The summed E-state index contributed by atoms with van der Waals surface area (Å²) in [5.41, 5.74) is 1.96. The van der Waals surface area contributed by atoms with Crippen LogP contribution in [0.4, 0.5) is 0 Å². The normalized spacial score (nSPS) is 6.00. The summed E-state index contributed by atoms with van der Waals surface area (Å²) in [5, 5.41) is 6.51. The third-order valence-electron chi connectivity index (χ3n) is 0.289. The van der Waals surface area contributed by atoms with Gasteiger partial charge in [0.05, 0.1) is 0 Å². The average Bonchev–Trinajstić information content (AvgIpc) is 1.65. The fourth-order valence-electron chi connectivity index (χ4n) is 0.0417. The molecule has 4 N–H and O–H groups in total. The molecule has 0 heterocycles. The van der Waals surface area contributed by atoms with Crippen molar-refractivity contribution in [1.82, 2.24) is 5.43 Å². The van der Waals surface area contributed by atoms with Gasteiger partial charge in [0.2, 0.25) is 0 Å². The van der Waals surface area contributed by atoms with Crippen molar-refractivity contribution >= 4 is 5.84 Å². The van der Waals surface area contributed by atoms with Crippen molar-refractivity contribution in [2.75, 3.05) is 0 Å². The number of hydrogen-bond acceptors (Lipinski definition) is 2. The molecule has 3 heteroatoms. The smallest absolute Gasteiger partial charge is 0.185 e. The summed E-state index contributed by atoms with van der Waals surface area (Å²) in [7, 11) is 0. The van der Waals surface area contributed by atoms with Crippen LogP contribution in [0.25, 0.3) is 0 Å². The zero-order valence-electron chi connectivity index (χ0n) is 3.15. The van der Waals surface area contributed by atoms with Gasteiger partial charge in [-0.25, -0.2) is 5.84 Å². The van der Waals surface area contributed by atoms with E-state index in [-0.39, 0.29) is 5.84 Å². The molecule has 0 saturated heterocycles. The van der Waals surface area contributed by atoms with E-state index in [1.165, 1.54) is 0 Å². The van der Waals surface area contributed by atoms with Crippen LogP contribution in [0.1, 0.15) is 0 Å². The van der Waals surface area contributed by atoms with Gasteiger partial charge in [-0.2, -0.15) is 0 Å². The fourth-order valence-corrected chi connectivity index (χ4v) is 0.0417. The van der Waals surface area contributed by atoms with Crippen molar-refractivity contribution in [2.24, 2.45) is 5.84 Å². The van der Waals surface area contributed by atoms with Crippen LogP contribution in [0.5, 0.6) is 0 Å². The molecule has 0 atom stereocenters. The summed E-state index contributed by atoms with van der Waals surface area (Å²) in [6, 6.07) is 0. The Labute approximate surface area is 36.0 Å². The first-order valence-electron chi connectivity index (χ1n) is 1.33. The first-order chi connectivity index (χ1) is 2.81. The van der Waals surface area contributed by atoms with Crippen LogP contribution < -0.4 is 11.3 Å². The SMILES string of the molecule is C#CC(=N)NN. The van der Waals surface area contributed by atoms with E-state index in [4.69, 9.17) is 5.41 Å². The molecule has 32 valence electrons. The van der Waals surface area contributed by atoms with Crippen LogP contribution in [0.3, 0.4) is 0 Å². The van der Waals surface area contributed by atoms with Gasteiger partial charge in [-0.3, -0.25) is 5.41 Å². The molecule has 3 nitrogen and oxygen atoms in total. The Morgan fingerprint density at radius 3 is 2.50 bits per heavy atom. The summed E-state index contributed by atoms with van der Waals surface area (Å²) in [6.07, 6.45) is 4.67. The topological polar surface area (TPSA) is 61.9 Å². The average molecular weight is 83.1 g/mol. The number of amidine groups is 1. The largest absolute Gasteiger partial charge is 0.302 e. The maximum atomic E-state index is 6.51. The quantitative estimate of drug-likeness (QED) is 0.116. The molecule has 0 radical (unpaired) electrons. The number of nitrogens with one attached hydrogen (secondary N) is 2. The Bertz CT molecular complexity index is 88.7. The second-order valence-corrected chi connectivity index (χ2v) is 0.664. The van der Waals surface area contributed by atoms with E-state index in [1.807, 2.05) is 11.3 Å². The van der Waals surface area contributed by atoms with E-state index in [9.17, 15) is 0 Å². The molecule has 0 aliphatic heterocycles. The molecule has 0 aliphatic rings. The molecule has 0 fully saturated rings. The van der Waals surface area contributed by atoms with Crippen molar-refractivity contribution < 1.29 is 0 Å². The van der Waals surface area contributed by atoms with Crippen LogP contribution in [0.15, 0.2) is 0 Å². The molecule has 0 amide bonds. The van der Waals surface area contributed by atoms with Crippen molar-refractivity contribution in [3.8, 4) is 12.3 Å². The maximum absolute atomic E-state index is 6.51. The minimum Gasteiger partial charge on any atom is -0.302 e. The molecule has 0 bridgehead atoms. The standard InChI is InChI=1S/C3H5N3/c1-2-3(4)6-5/h1H,5H2,(H2,4,6). The first-order valence-corrected chi connectivity index (χ1v) is 1.33. The van der Waals surface area contributed by atoms with Crippen molar-refractivity contribution in [1.29, 1.82) is 5.41 Å². The van der Waals surface area contributed by atoms with Gasteiger partial charge in [0.1, 0.15) is 0 Å². The second kappa shape index (κ2) is 2.24. The van der Waals surface area contributed by atoms with Gasteiger partial charge in [0.25, 0.3) is 0 Å². The summed E-state index contributed by atoms with van der Waals surface area (Å²) < 4.78 is 0. The molecular weight excluding hydrogens is 78.1 g/mol. The lowest BCUT2D eigenvalue weighted by Gasteiger charge is -1.84. The summed E-state index contributed by atoms with van der Waals surface area (Å²) >= 11 is 0. The van der Waals surface area contributed by atoms with Gasteiger partial charge >= 0.3 is 0 Å². The molecule has 0 rings (SSSR count). The molecule has 0 unspecified atom stereocenters. The monoisotopic (exact) mass is 83.0 g/mol. The fraction of sp³-hybridized carbons (Fsp3) is 0. The van der Waals surface area contributed by atoms with E-state index in [2.05, 4.69) is 12.3 Å². The van der Waals surface area contributed by atoms with Crippen molar-refractivity contribution in [3.05, 3.63) is 0 Å². The molecule has 6 heavy (non-hydrogen) atoms. The Morgan fingerprint density at radius 2 is 2.50 bits per heavy atom. The van der Waals surface area contributed by atoms with E-state index in [0.717, 1.165) is 0 Å². The Hall–Kier alpha value is -1.01. The predicted molar refractivity (Wildman–Crippen MR) is 23.9 cm³/mol. The van der Waals surface area contributed by atoms with E-state index >= 15 is 0 Å². The van der Waals surface area contributed by atoms with E-state index in [0.29, 0.717) is 0 Å². The first kappa shape index (κ1) is 4.99. The predicted octanol–water partition coefficient (Wildman–Crippen LogP) is -0.940. The molecule has 0 aromatic rings. The highest BCUT2D eigenvalue weighted by Crippen LogP contribution is 1.46. The summed E-state index contributed by atoms with van der Waals surface area (Å²) in [4.78, 5) is 0. The van der Waals surface area contributed by atoms with E-state index in [1.54, 1.807) is 0 Å².